The number of hydrogen-bond donors (Lipinski definition) is 4. The van der Waals surface area contributed by atoms with E-state index in [-0.39, 0.29) is 19.6 Å². The van der Waals surface area contributed by atoms with Gasteiger partial charge in [-0.05, 0) is 0 Å². The van der Waals surface area contributed by atoms with E-state index in [9.17, 15) is 9.59 Å². The van der Waals surface area contributed by atoms with Gasteiger partial charge in [0.15, 0.2) is 5.82 Å². The Morgan fingerprint density at radius 2 is 2.21 bits per heavy atom. The van der Waals surface area contributed by atoms with Crippen molar-refractivity contribution in [1.82, 2.24) is 20.8 Å². The van der Waals surface area contributed by atoms with Crippen LogP contribution in [0.25, 0.3) is 0 Å². The molecule has 1 aromatic heterocycles. The highest BCUT2D eigenvalue weighted by atomic mass is 16.5. The lowest BCUT2D eigenvalue weighted by molar-refractivity contribution is -0.139. The van der Waals surface area contributed by atoms with E-state index in [2.05, 4.69) is 20.8 Å². The molecular weight excluding hydrogens is 256 g/mol. The Morgan fingerprint density at radius 1 is 1.47 bits per heavy atom. The van der Waals surface area contributed by atoms with Crippen LogP contribution in [0, 0.1) is 6.92 Å². The van der Waals surface area contributed by atoms with Gasteiger partial charge in [-0.1, -0.05) is 5.16 Å². The van der Waals surface area contributed by atoms with E-state index in [1.807, 2.05) is 0 Å². The summed E-state index contributed by atoms with van der Waals surface area (Å²) in [7, 11) is 0. The van der Waals surface area contributed by atoms with Crippen LogP contribution < -0.4 is 10.6 Å². The highest BCUT2D eigenvalue weighted by molar-refractivity contribution is 5.82. The van der Waals surface area contributed by atoms with Crippen molar-refractivity contribution in [3.63, 3.8) is 0 Å². The second kappa shape index (κ2) is 7.31. The van der Waals surface area contributed by atoms with Gasteiger partial charge < -0.3 is 25.4 Å². The fourth-order valence-electron chi connectivity index (χ4n) is 1.33. The van der Waals surface area contributed by atoms with Gasteiger partial charge in [-0.3, -0.25) is 0 Å². The lowest BCUT2D eigenvalue weighted by Gasteiger charge is -2.13. The molecule has 0 bridgehead atoms. The molecule has 1 rings (SSSR count). The largest absolute Gasteiger partial charge is 0.480 e. The number of aliphatic carboxylic acids is 1. The standard InChI is InChI=1S/C10H16N4O5/c1-6-12-8(14-19-6)2-4-11-10(18)13-7(3-5-15)9(16)17/h7,15H,2-5H2,1H3,(H,16,17)(H2,11,13,18)/t7-/m1/s1. The molecule has 0 unspecified atom stereocenters. The van der Waals surface area contributed by atoms with Crippen LogP contribution >= 0.6 is 0 Å². The minimum atomic E-state index is -1.20. The van der Waals surface area contributed by atoms with Gasteiger partial charge in [-0.2, -0.15) is 4.98 Å². The van der Waals surface area contributed by atoms with Crippen molar-refractivity contribution in [2.24, 2.45) is 0 Å². The first-order valence-electron chi connectivity index (χ1n) is 5.70. The van der Waals surface area contributed by atoms with Crippen LogP contribution in [0.3, 0.4) is 0 Å². The van der Waals surface area contributed by atoms with Crippen molar-refractivity contribution in [3.8, 4) is 0 Å². The number of carboxylic acid groups (broad SMARTS) is 1. The van der Waals surface area contributed by atoms with Crippen molar-refractivity contribution >= 4 is 12.0 Å². The summed E-state index contributed by atoms with van der Waals surface area (Å²) >= 11 is 0. The van der Waals surface area contributed by atoms with E-state index in [0.29, 0.717) is 18.1 Å². The molecule has 4 N–H and O–H groups in total. The monoisotopic (exact) mass is 272 g/mol. The molecule has 0 saturated carbocycles. The Labute approximate surface area is 109 Å². The lowest BCUT2D eigenvalue weighted by atomic mass is 10.2. The van der Waals surface area contributed by atoms with Crippen LogP contribution in [0.5, 0.6) is 0 Å². The van der Waals surface area contributed by atoms with E-state index in [1.54, 1.807) is 6.92 Å². The number of rotatable bonds is 7. The zero-order valence-corrected chi connectivity index (χ0v) is 10.4. The minimum Gasteiger partial charge on any atom is -0.480 e. The average molecular weight is 272 g/mol. The fourth-order valence-corrected chi connectivity index (χ4v) is 1.33. The summed E-state index contributed by atoms with van der Waals surface area (Å²) in [6.45, 7) is 1.58. The van der Waals surface area contributed by atoms with E-state index in [4.69, 9.17) is 14.7 Å². The van der Waals surface area contributed by atoms with Crippen LogP contribution in [0.15, 0.2) is 4.52 Å². The Balaban J connectivity index is 2.28. The molecule has 1 atom stereocenters. The summed E-state index contributed by atoms with van der Waals surface area (Å²) in [6, 6.07) is -1.74. The summed E-state index contributed by atoms with van der Waals surface area (Å²) in [4.78, 5) is 26.1. The first-order valence-corrected chi connectivity index (χ1v) is 5.70. The smallest absolute Gasteiger partial charge is 0.326 e. The van der Waals surface area contributed by atoms with Crippen LogP contribution in [-0.2, 0) is 11.2 Å². The first-order chi connectivity index (χ1) is 9.02. The number of aliphatic hydroxyl groups is 1. The third kappa shape index (κ3) is 5.34. The van der Waals surface area contributed by atoms with Crippen LogP contribution in [0.2, 0.25) is 0 Å². The molecule has 0 aromatic carbocycles. The quantitative estimate of drug-likeness (QED) is 0.502. The highest BCUT2D eigenvalue weighted by Crippen LogP contribution is 1.95. The lowest BCUT2D eigenvalue weighted by Crippen LogP contribution is -2.46. The molecule has 0 radical (unpaired) electrons. The number of nitrogens with zero attached hydrogens (tertiary/aromatic N) is 2. The van der Waals surface area contributed by atoms with Gasteiger partial charge in [0.1, 0.15) is 6.04 Å². The maximum atomic E-state index is 11.4. The van der Waals surface area contributed by atoms with E-state index >= 15 is 0 Å². The second-order valence-electron chi connectivity index (χ2n) is 3.78. The fraction of sp³-hybridized carbons (Fsp3) is 0.600. The van der Waals surface area contributed by atoms with E-state index < -0.39 is 18.0 Å². The number of aromatic nitrogens is 2. The summed E-state index contributed by atoms with van der Waals surface area (Å²) in [5, 5.41) is 25.8. The highest BCUT2D eigenvalue weighted by Gasteiger charge is 2.18. The number of hydrogen-bond acceptors (Lipinski definition) is 6. The molecular formula is C10H16N4O5. The number of carbonyl (C=O) groups excluding carboxylic acids is 1. The number of carbonyl (C=O) groups is 2. The Bertz CT molecular complexity index is 433. The van der Waals surface area contributed by atoms with Crippen molar-refractivity contribution in [2.45, 2.75) is 25.8 Å². The maximum Gasteiger partial charge on any atom is 0.326 e. The van der Waals surface area contributed by atoms with Gasteiger partial charge >= 0.3 is 12.0 Å². The molecule has 9 heteroatoms. The minimum absolute atomic E-state index is 0.0488. The SMILES string of the molecule is Cc1nc(CCNC(=O)N[C@H](CCO)C(=O)O)no1. The van der Waals surface area contributed by atoms with Crippen molar-refractivity contribution < 1.29 is 24.3 Å². The average Bonchev–Trinajstić information content (AvgIpc) is 2.74. The van der Waals surface area contributed by atoms with Crippen molar-refractivity contribution in [3.05, 3.63) is 11.7 Å². The predicted octanol–water partition coefficient (Wildman–Crippen LogP) is -0.945. The molecule has 106 valence electrons. The van der Waals surface area contributed by atoms with Gasteiger partial charge in [0.2, 0.25) is 5.89 Å². The van der Waals surface area contributed by atoms with Crippen LogP contribution in [0.4, 0.5) is 4.79 Å². The van der Waals surface area contributed by atoms with Gasteiger partial charge in [-0.15, -0.1) is 0 Å². The molecule has 1 aromatic rings. The van der Waals surface area contributed by atoms with Gasteiger partial charge in [0.05, 0.1) is 0 Å². The molecule has 0 aliphatic carbocycles. The second-order valence-corrected chi connectivity index (χ2v) is 3.78. The number of aryl methyl sites for hydroxylation is 1. The number of amides is 2. The zero-order chi connectivity index (χ0) is 14.3. The summed E-state index contributed by atoms with van der Waals surface area (Å²) in [5.41, 5.74) is 0. The van der Waals surface area contributed by atoms with Crippen molar-refractivity contribution in [2.75, 3.05) is 13.2 Å². The number of aliphatic hydroxyl groups excluding tert-OH is 1. The third-order valence-electron chi connectivity index (χ3n) is 2.22. The first kappa shape index (κ1) is 14.9. The third-order valence-corrected chi connectivity index (χ3v) is 2.22. The molecule has 1 heterocycles. The van der Waals surface area contributed by atoms with E-state index in [0.717, 1.165) is 0 Å². The normalized spacial score (nSPS) is 11.9. The van der Waals surface area contributed by atoms with Crippen LogP contribution in [0.1, 0.15) is 18.1 Å². The molecule has 2 amide bonds. The summed E-state index contributed by atoms with van der Waals surface area (Å²) in [6.07, 6.45) is 0.329. The van der Waals surface area contributed by atoms with Gasteiger partial charge in [-0.25, -0.2) is 9.59 Å². The van der Waals surface area contributed by atoms with E-state index in [1.165, 1.54) is 0 Å². The molecule has 0 aliphatic rings. The summed E-state index contributed by atoms with van der Waals surface area (Å²) < 4.78 is 4.76. The Hall–Kier alpha value is -2.16. The Kier molecular flexibility index (Phi) is 5.73. The maximum absolute atomic E-state index is 11.4. The molecule has 0 fully saturated rings. The molecule has 0 saturated heterocycles. The van der Waals surface area contributed by atoms with Gasteiger partial charge in [0, 0.05) is 32.9 Å². The zero-order valence-electron chi connectivity index (χ0n) is 10.4. The molecule has 9 nitrogen and oxygen atoms in total. The number of nitrogens with one attached hydrogen (secondary N) is 2. The topological polar surface area (TPSA) is 138 Å². The van der Waals surface area contributed by atoms with Crippen molar-refractivity contribution in [1.29, 1.82) is 0 Å². The molecule has 0 spiro atoms. The molecule has 19 heavy (non-hydrogen) atoms. The number of urea groups is 1. The number of carboxylic acids is 1. The van der Waals surface area contributed by atoms with Crippen LogP contribution in [-0.4, -0.2) is 51.5 Å². The predicted molar refractivity (Wildman–Crippen MR) is 62.4 cm³/mol. The molecule has 0 aliphatic heterocycles. The summed E-state index contributed by atoms with van der Waals surface area (Å²) in [5.74, 6) is -0.297. The van der Waals surface area contributed by atoms with Gasteiger partial charge in [0.25, 0.3) is 0 Å². The Morgan fingerprint density at radius 3 is 2.74 bits per heavy atom.